The molecule has 1 atom stereocenters. The van der Waals surface area contributed by atoms with Crippen LogP contribution >= 0.6 is 11.3 Å². The highest BCUT2D eigenvalue weighted by molar-refractivity contribution is 7.91. The highest BCUT2D eigenvalue weighted by Gasteiger charge is 2.34. The van der Waals surface area contributed by atoms with Crippen molar-refractivity contribution in [3.8, 4) is 0 Å². The lowest BCUT2D eigenvalue weighted by atomic mass is 9.99. The molecule has 1 unspecified atom stereocenters. The molecule has 1 aromatic heterocycles. The second-order valence-corrected chi connectivity index (χ2v) is 9.44. The Morgan fingerprint density at radius 1 is 1.12 bits per heavy atom. The second-order valence-electron chi connectivity index (χ2n) is 6.33. The average Bonchev–Trinajstić information content (AvgIpc) is 3.26. The summed E-state index contributed by atoms with van der Waals surface area (Å²) in [6.07, 6.45) is 2.75. The Balaban J connectivity index is 1.53. The van der Waals surface area contributed by atoms with Gasteiger partial charge in [-0.1, -0.05) is 6.07 Å². The van der Waals surface area contributed by atoms with E-state index in [0.717, 1.165) is 24.2 Å². The zero-order chi connectivity index (χ0) is 18.7. The maximum absolute atomic E-state index is 12.6. The van der Waals surface area contributed by atoms with Crippen molar-refractivity contribution in [1.82, 2.24) is 20.5 Å². The molecule has 0 radical (unpaired) electrons. The number of nitrogens with one attached hydrogen (secondary N) is 3. The third-order valence-corrected chi connectivity index (χ3v) is 7.50. The van der Waals surface area contributed by atoms with Crippen molar-refractivity contribution in [2.45, 2.75) is 35.9 Å². The van der Waals surface area contributed by atoms with Crippen LogP contribution in [0.4, 0.5) is 0 Å². The molecule has 3 N–H and O–H groups in total. The van der Waals surface area contributed by atoms with Gasteiger partial charge in [-0.05, 0) is 37.1 Å². The van der Waals surface area contributed by atoms with Gasteiger partial charge in [-0.15, -0.1) is 11.3 Å². The van der Waals surface area contributed by atoms with E-state index in [1.807, 2.05) is 0 Å². The SMILES string of the molecule is O=C(NNC(=O)C1CCCN(S(=O)(=O)c2cccs2)C1)C(=O)NC1CC1. The highest BCUT2D eigenvalue weighted by atomic mass is 32.2. The number of rotatable bonds is 4. The first kappa shape index (κ1) is 18.8. The molecule has 142 valence electrons. The highest BCUT2D eigenvalue weighted by Crippen LogP contribution is 2.26. The first-order valence-electron chi connectivity index (χ1n) is 8.32. The van der Waals surface area contributed by atoms with Gasteiger partial charge in [-0.2, -0.15) is 4.31 Å². The summed E-state index contributed by atoms with van der Waals surface area (Å²) < 4.78 is 26.7. The first-order chi connectivity index (χ1) is 12.4. The predicted molar refractivity (Wildman–Crippen MR) is 93.3 cm³/mol. The number of nitrogens with zero attached hydrogens (tertiary/aromatic N) is 1. The molecular formula is C15H20N4O5S2. The molecule has 9 nitrogen and oxygen atoms in total. The molecule has 2 heterocycles. The van der Waals surface area contributed by atoms with E-state index in [0.29, 0.717) is 19.4 Å². The molecule has 1 saturated carbocycles. The Bertz CT molecular complexity index is 789. The van der Waals surface area contributed by atoms with Crippen LogP contribution in [0.1, 0.15) is 25.7 Å². The predicted octanol–water partition coefficient (Wildman–Crippen LogP) is -0.425. The molecule has 0 aromatic carbocycles. The Kier molecular flexibility index (Phi) is 5.58. The molecule has 3 rings (SSSR count). The minimum Gasteiger partial charge on any atom is -0.345 e. The monoisotopic (exact) mass is 400 g/mol. The van der Waals surface area contributed by atoms with Crippen LogP contribution in [0.15, 0.2) is 21.7 Å². The summed E-state index contributed by atoms with van der Waals surface area (Å²) in [5, 5.41) is 4.19. The molecule has 1 saturated heterocycles. The lowest BCUT2D eigenvalue weighted by Crippen LogP contribution is -2.53. The van der Waals surface area contributed by atoms with Crippen LogP contribution in [0.3, 0.4) is 0 Å². The van der Waals surface area contributed by atoms with E-state index >= 15 is 0 Å². The number of piperidine rings is 1. The lowest BCUT2D eigenvalue weighted by Gasteiger charge is -2.30. The fraction of sp³-hybridized carbons (Fsp3) is 0.533. The van der Waals surface area contributed by atoms with E-state index in [1.54, 1.807) is 11.4 Å². The summed E-state index contributed by atoms with van der Waals surface area (Å²) in [6, 6.07) is 3.23. The van der Waals surface area contributed by atoms with E-state index in [4.69, 9.17) is 0 Å². The van der Waals surface area contributed by atoms with Crippen molar-refractivity contribution in [2.75, 3.05) is 13.1 Å². The van der Waals surface area contributed by atoms with E-state index in [1.165, 1.54) is 10.4 Å². The van der Waals surface area contributed by atoms with Crippen molar-refractivity contribution in [2.24, 2.45) is 5.92 Å². The summed E-state index contributed by atoms with van der Waals surface area (Å²) in [7, 11) is -3.62. The van der Waals surface area contributed by atoms with Crippen molar-refractivity contribution in [3.63, 3.8) is 0 Å². The zero-order valence-corrected chi connectivity index (χ0v) is 15.6. The Labute approximate surface area is 155 Å². The number of amides is 3. The van der Waals surface area contributed by atoms with Crippen LogP contribution in [-0.4, -0.2) is 49.6 Å². The van der Waals surface area contributed by atoms with Gasteiger partial charge >= 0.3 is 11.8 Å². The molecular weight excluding hydrogens is 380 g/mol. The minimum atomic E-state index is -3.62. The van der Waals surface area contributed by atoms with Gasteiger partial charge in [-0.25, -0.2) is 8.42 Å². The van der Waals surface area contributed by atoms with Crippen molar-refractivity contribution in [1.29, 1.82) is 0 Å². The largest absolute Gasteiger partial charge is 0.345 e. The minimum absolute atomic E-state index is 0.0379. The van der Waals surface area contributed by atoms with Gasteiger partial charge in [0, 0.05) is 19.1 Å². The summed E-state index contributed by atoms with van der Waals surface area (Å²) in [6.45, 7) is 0.385. The standard InChI is InChI=1S/C15H20N4O5S2/c20-13(17-18-15(22)14(21)16-11-5-6-11)10-3-1-7-19(9-10)26(23,24)12-4-2-8-25-12/h2,4,8,10-11H,1,3,5-7,9H2,(H,16,21)(H,17,20)(H,18,22). The smallest absolute Gasteiger partial charge is 0.327 e. The quantitative estimate of drug-likeness (QED) is 0.467. The van der Waals surface area contributed by atoms with E-state index in [9.17, 15) is 22.8 Å². The number of hydrazine groups is 1. The van der Waals surface area contributed by atoms with Crippen LogP contribution in [0.2, 0.25) is 0 Å². The molecule has 2 fully saturated rings. The molecule has 1 aliphatic carbocycles. The van der Waals surface area contributed by atoms with E-state index in [-0.39, 0.29) is 16.8 Å². The number of carbonyl (C=O) groups excluding carboxylic acids is 3. The first-order valence-corrected chi connectivity index (χ1v) is 10.6. The molecule has 0 bridgehead atoms. The van der Waals surface area contributed by atoms with E-state index < -0.39 is 33.7 Å². The number of sulfonamides is 1. The van der Waals surface area contributed by atoms with Crippen LogP contribution in [0, 0.1) is 5.92 Å². The fourth-order valence-electron chi connectivity index (χ4n) is 2.67. The lowest BCUT2D eigenvalue weighted by molar-refractivity contribution is -0.141. The topological polar surface area (TPSA) is 125 Å². The van der Waals surface area contributed by atoms with Crippen LogP contribution < -0.4 is 16.2 Å². The summed E-state index contributed by atoms with van der Waals surface area (Å²) >= 11 is 1.13. The van der Waals surface area contributed by atoms with Gasteiger partial charge in [-0.3, -0.25) is 25.2 Å². The molecule has 2 aliphatic rings. The van der Waals surface area contributed by atoms with Gasteiger partial charge in [0.25, 0.3) is 10.0 Å². The summed E-state index contributed by atoms with van der Waals surface area (Å²) in [4.78, 5) is 35.4. The summed E-state index contributed by atoms with van der Waals surface area (Å²) in [5.74, 6) is -2.84. The summed E-state index contributed by atoms with van der Waals surface area (Å²) in [5.41, 5.74) is 4.29. The third-order valence-electron chi connectivity index (χ3n) is 4.26. The van der Waals surface area contributed by atoms with Crippen molar-refractivity contribution >= 4 is 39.1 Å². The molecule has 1 aromatic rings. The molecule has 26 heavy (non-hydrogen) atoms. The van der Waals surface area contributed by atoms with Gasteiger partial charge < -0.3 is 5.32 Å². The van der Waals surface area contributed by atoms with E-state index in [2.05, 4.69) is 16.2 Å². The number of carbonyl (C=O) groups is 3. The van der Waals surface area contributed by atoms with Crippen molar-refractivity contribution in [3.05, 3.63) is 17.5 Å². The molecule has 3 amide bonds. The van der Waals surface area contributed by atoms with Gasteiger partial charge in [0.05, 0.1) is 5.92 Å². The fourth-order valence-corrected chi connectivity index (χ4v) is 5.34. The van der Waals surface area contributed by atoms with Gasteiger partial charge in [0.1, 0.15) is 4.21 Å². The Hall–Kier alpha value is -1.98. The second kappa shape index (κ2) is 7.72. The van der Waals surface area contributed by atoms with Crippen LogP contribution in [-0.2, 0) is 24.4 Å². The number of hydrogen-bond acceptors (Lipinski definition) is 6. The van der Waals surface area contributed by atoms with Gasteiger partial charge in [0.2, 0.25) is 5.91 Å². The van der Waals surface area contributed by atoms with Crippen LogP contribution in [0.25, 0.3) is 0 Å². The third kappa shape index (κ3) is 4.40. The number of hydrogen-bond donors (Lipinski definition) is 3. The van der Waals surface area contributed by atoms with Crippen LogP contribution in [0.5, 0.6) is 0 Å². The number of thiophene rings is 1. The average molecular weight is 400 g/mol. The van der Waals surface area contributed by atoms with Gasteiger partial charge in [0.15, 0.2) is 0 Å². The molecule has 11 heteroatoms. The van der Waals surface area contributed by atoms with Crippen molar-refractivity contribution < 1.29 is 22.8 Å². The maximum atomic E-state index is 12.6. The maximum Gasteiger partial charge on any atom is 0.327 e. The zero-order valence-electron chi connectivity index (χ0n) is 13.9. The molecule has 0 spiro atoms. The normalized spacial score (nSPS) is 21.0. The Morgan fingerprint density at radius 3 is 2.54 bits per heavy atom. The Morgan fingerprint density at radius 2 is 1.88 bits per heavy atom. The molecule has 1 aliphatic heterocycles.